The van der Waals surface area contributed by atoms with Gasteiger partial charge >= 0.3 is 6.09 Å². The lowest BCUT2D eigenvalue weighted by atomic mass is 10.2. The van der Waals surface area contributed by atoms with Gasteiger partial charge in [0.2, 0.25) is 11.8 Å². The second-order valence-electron chi connectivity index (χ2n) is 4.85. The van der Waals surface area contributed by atoms with E-state index >= 15 is 0 Å². The zero-order valence-electron chi connectivity index (χ0n) is 12.9. The number of carbonyl (C=O) groups is 1. The third-order valence-corrected chi connectivity index (χ3v) is 2.65. The molecule has 0 fully saturated rings. The van der Waals surface area contributed by atoms with Crippen molar-refractivity contribution in [2.45, 2.75) is 27.7 Å². The van der Waals surface area contributed by atoms with Crippen molar-refractivity contribution in [3.05, 3.63) is 0 Å². The topological polar surface area (TPSA) is 117 Å². The predicted octanol–water partition coefficient (Wildman–Crippen LogP) is 1.52. The number of nitrogen functional groups attached to an aromatic ring is 2. The highest BCUT2D eigenvalue weighted by Crippen LogP contribution is 2.29. The summed E-state index contributed by atoms with van der Waals surface area (Å²) in [5.74, 6) is 0.268. The van der Waals surface area contributed by atoms with Crippen LogP contribution in [0.15, 0.2) is 0 Å². The standard InChI is InChI=1S/C13H23N5O3/c1-5-18(6-2)13(19)21-11-9(14)10(16-12(15)17-11)20-7-8(3)4/h8H,5-7,14H2,1-4H3,(H2,15,16,17). The number of hydrogen-bond acceptors (Lipinski definition) is 7. The Labute approximate surface area is 124 Å². The maximum Gasteiger partial charge on any atom is 0.416 e. The first kappa shape index (κ1) is 16.8. The van der Waals surface area contributed by atoms with E-state index in [9.17, 15) is 4.79 Å². The Morgan fingerprint density at radius 3 is 2.29 bits per heavy atom. The smallest absolute Gasteiger partial charge is 0.416 e. The molecule has 1 heterocycles. The number of nitrogens with two attached hydrogens (primary N) is 2. The van der Waals surface area contributed by atoms with Crippen LogP contribution in [0.4, 0.5) is 16.4 Å². The Morgan fingerprint density at radius 1 is 1.19 bits per heavy atom. The quantitative estimate of drug-likeness (QED) is 0.817. The first-order valence-electron chi connectivity index (χ1n) is 6.91. The molecule has 0 aliphatic rings. The van der Waals surface area contributed by atoms with Crippen LogP contribution >= 0.6 is 0 Å². The lowest BCUT2D eigenvalue weighted by Gasteiger charge is -2.18. The molecule has 8 nitrogen and oxygen atoms in total. The SMILES string of the molecule is CCN(CC)C(=O)Oc1nc(N)nc(OCC(C)C)c1N. The molecule has 0 saturated carbocycles. The van der Waals surface area contributed by atoms with Gasteiger partial charge < -0.3 is 25.8 Å². The molecule has 118 valence electrons. The Hall–Kier alpha value is -2.25. The molecule has 0 radical (unpaired) electrons. The van der Waals surface area contributed by atoms with Crippen LogP contribution in [0.5, 0.6) is 11.8 Å². The van der Waals surface area contributed by atoms with Gasteiger partial charge in [0.25, 0.3) is 5.88 Å². The molecule has 21 heavy (non-hydrogen) atoms. The van der Waals surface area contributed by atoms with Crippen molar-refractivity contribution in [3.8, 4) is 11.8 Å². The second kappa shape index (κ2) is 7.51. The number of aromatic nitrogens is 2. The molecule has 0 atom stereocenters. The molecule has 1 aromatic rings. The molecule has 0 bridgehead atoms. The number of carbonyl (C=O) groups excluding carboxylic acids is 1. The Morgan fingerprint density at radius 2 is 1.76 bits per heavy atom. The van der Waals surface area contributed by atoms with Crippen LogP contribution in [-0.4, -0.2) is 40.7 Å². The Kier molecular flexibility index (Phi) is 6.01. The van der Waals surface area contributed by atoms with Crippen molar-refractivity contribution < 1.29 is 14.3 Å². The minimum atomic E-state index is -0.542. The fraction of sp³-hybridized carbons (Fsp3) is 0.615. The summed E-state index contributed by atoms with van der Waals surface area (Å²) in [6.45, 7) is 9.13. The number of amides is 1. The van der Waals surface area contributed by atoms with Crippen molar-refractivity contribution in [1.29, 1.82) is 0 Å². The number of nitrogens with zero attached hydrogens (tertiary/aromatic N) is 3. The summed E-state index contributed by atoms with van der Waals surface area (Å²) in [7, 11) is 0. The van der Waals surface area contributed by atoms with Crippen LogP contribution in [-0.2, 0) is 0 Å². The van der Waals surface area contributed by atoms with E-state index in [2.05, 4.69) is 9.97 Å². The van der Waals surface area contributed by atoms with Crippen molar-refractivity contribution in [2.75, 3.05) is 31.2 Å². The summed E-state index contributed by atoms with van der Waals surface area (Å²) in [4.78, 5) is 21.2. The normalized spacial score (nSPS) is 10.5. The summed E-state index contributed by atoms with van der Waals surface area (Å²) in [6.07, 6.45) is -0.542. The third-order valence-electron chi connectivity index (χ3n) is 2.65. The average molecular weight is 297 g/mol. The second-order valence-corrected chi connectivity index (χ2v) is 4.85. The van der Waals surface area contributed by atoms with Crippen LogP contribution in [0.2, 0.25) is 0 Å². The fourth-order valence-corrected chi connectivity index (χ4v) is 1.51. The van der Waals surface area contributed by atoms with Crippen LogP contribution < -0.4 is 20.9 Å². The summed E-state index contributed by atoms with van der Waals surface area (Å²) in [5, 5.41) is 0. The molecule has 1 rings (SSSR count). The van der Waals surface area contributed by atoms with E-state index in [1.807, 2.05) is 27.7 Å². The van der Waals surface area contributed by atoms with E-state index in [0.29, 0.717) is 25.6 Å². The predicted molar refractivity (Wildman–Crippen MR) is 80.1 cm³/mol. The Balaban J connectivity index is 2.94. The van der Waals surface area contributed by atoms with Crippen molar-refractivity contribution in [3.63, 3.8) is 0 Å². The zero-order chi connectivity index (χ0) is 16.0. The average Bonchev–Trinajstić information content (AvgIpc) is 2.42. The molecule has 8 heteroatoms. The van der Waals surface area contributed by atoms with Gasteiger partial charge in [0.15, 0.2) is 5.69 Å². The molecular weight excluding hydrogens is 274 g/mol. The number of anilines is 2. The first-order chi connectivity index (χ1) is 9.88. The van der Waals surface area contributed by atoms with Crippen molar-refractivity contribution >= 4 is 17.7 Å². The van der Waals surface area contributed by atoms with E-state index in [-0.39, 0.29) is 23.4 Å². The summed E-state index contributed by atoms with van der Waals surface area (Å²) in [6, 6.07) is 0. The van der Waals surface area contributed by atoms with Gasteiger partial charge in [-0.3, -0.25) is 0 Å². The molecule has 0 spiro atoms. The first-order valence-corrected chi connectivity index (χ1v) is 6.91. The molecule has 1 amide bonds. The van der Waals surface area contributed by atoms with Gasteiger partial charge in [-0.2, -0.15) is 9.97 Å². The van der Waals surface area contributed by atoms with Crippen LogP contribution in [0.25, 0.3) is 0 Å². The van der Waals surface area contributed by atoms with Crippen LogP contribution in [0, 0.1) is 5.92 Å². The van der Waals surface area contributed by atoms with E-state index in [1.165, 1.54) is 4.90 Å². The number of rotatable bonds is 6. The molecular formula is C13H23N5O3. The molecule has 0 unspecified atom stereocenters. The molecule has 0 aromatic carbocycles. The van der Waals surface area contributed by atoms with Gasteiger partial charge in [-0.15, -0.1) is 0 Å². The molecule has 4 N–H and O–H groups in total. The van der Waals surface area contributed by atoms with E-state index in [0.717, 1.165) is 0 Å². The van der Waals surface area contributed by atoms with Gasteiger partial charge in [0.05, 0.1) is 6.61 Å². The largest absolute Gasteiger partial charge is 0.476 e. The van der Waals surface area contributed by atoms with E-state index in [1.54, 1.807) is 0 Å². The highest BCUT2D eigenvalue weighted by molar-refractivity contribution is 5.73. The van der Waals surface area contributed by atoms with Crippen LogP contribution in [0.1, 0.15) is 27.7 Å². The lowest BCUT2D eigenvalue weighted by molar-refractivity contribution is 0.155. The summed E-state index contributed by atoms with van der Waals surface area (Å²) in [5.41, 5.74) is 11.5. The summed E-state index contributed by atoms with van der Waals surface area (Å²) < 4.78 is 10.6. The maximum atomic E-state index is 11.9. The van der Waals surface area contributed by atoms with Gasteiger partial charge in [-0.25, -0.2) is 4.79 Å². The summed E-state index contributed by atoms with van der Waals surface area (Å²) >= 11 is 0. The molecule has 1 aromatic heterocycles. The molecule has 0 aliphatic heterocycles. The van der Waals surface area contributed by atoms with Gasteiger partial charge in [0, 0.05) is 13.1 Å². The van der Waals surface area contributed by atoms with Gasteiger partial charge in [0.1, 0.15) is 0 Å². The van der Waals surface area contributed by atoms with Crippen molar-refractivity contribution in [1.82, 2.24) is 14.9 Å². The Bertz CT molecular complexity index is 489. The van der Waals surface area contributed by atoms with E-state index in [4.69, 9.17) is 20.9 Å². The zero-order valence-corrected chi connectivity index (χ0v) is 12.9. The number of ether oxygens (including phenoxy) is 2. The minimum absolute atomic E-state index is 0.0605. The fourth-order valence-electron chi connectivity index (χ4n) is 1.51. The van der Waals surface area contributed by atoms with Gasteiger partial charge in [-0.1, -0.05) is 13.8 Å². The van der Waals surface area contributed by atoms with Crippen LogP contribution in [0.3, 0.4) is 0 Å². The molecule has 0 aliphatic carbocycles. The monoisotopic (exact) mass is 297 g/mol. The number of hydrogen-bond donors (Lipinski definition) is 2. The third kappa shape index (κ3) is 4.66. The lowest BCUT2D eigenvalue weighted by Crippen LogP contribution is -2.33. The highest BCUT2D eigenvalue weighted by Gasteiger charge is 2.19. The minimum Gasteiger partial charge on any atom is -0.476 e. The van der Waals surface area contributed by atoms with Crippen molar-refractivity contribution in [2.24, 2.45) is 5.92 Å². The highest BCUT2D eigenvalue weighted by atomic mass is 16.6. The van der Waals surface area contributed by atoms with E-state index < -0.39 is 6.09 Å². The van der Waals surface area contributed by atoms with Gasteiger partial charge in [-0.05, 0) is 19.8 Å². The molecule has 0 saturated heterocycles. The maximum absolute atomic E-state index is 11.9.